The van der Waals surface area contributed by atoms with Gasteiger partial charge in [-0.05, 0) is 45.4 Å². The zero-order valence-electron chi connectivity index (χ0n) is 13.8. The maximum Gasteiger partial charge on any atom is 0.410 e. The van der Waals surface area contributed by atoms with Crippen molar-refractivity contribution in [2.75, 3.05) is 26.2 Å². The van der Waals surface area contributed by atoms with E-state index in [1.54, 1.807) is 4.90 Å². The Bertz CT molecular complexity index is 502. The average molecular weight is 308 g/mol. The number of benzene rings is 1. The number of hydrogen-bond donors (Lipinski definition) is 0. The number of piperazine rings is 1. The molecule has 0 radical (unpaired) electrons. The monoisotopic (exact) mass is 308 g/mol. The van der Waals surface area contributed by atoms with Crippen LogP contribution in [0.4, 0.5) is 9.18 Å². The van der Waals surface area contributed by atoms with Crippen molar-refractivity contribution in [3.63, 3.8) is 0 Å². The first-order valence-corrected chi connectivity index (χ1v) is 7.74. The number of carbonyl (C=O) groups excluding carboxylic acids is 1. The predicted molar refractivity (Wildman–Crippen MR) is 84.2 cm³/mol. The lowest BCUT2D eigenvalue weighted by Gasteiger charge is -2.38. The third-order valence-electron chi connectivity index (χ3n) is 3.87. The van der Waals surface area contributed by atoms with Crippen LogP contribution in [0.3, 0.4) is 0 Å². The number of carbonyl (C=O) groups is 1. The maximum atomic E-state index is 13.0. The molecular weight excluding hydrogens is 283 g/mol. The summed E-state index contributed by atoms with van der Waals surface area (Å²) in [6, 6.07) is 6.83. The van der Waals surface area contributed by atoms with Gasteiger partial charge in [-0.15, -0.1) is 0 Å². The summed E-state index contributed by atoms with van der Waals surface area (Å²) in [4.78, 5) is 16.1. The van der Waals surface area contributed by atoms with Crippen LogP contribution in [0, 0.1) is 5.82 Å². The fraction of sp³-hybridized carbons (Fsp3) is 0.588. The van der Waals surface area contributed by atoms with E-state index in [9.17, 15) is 9.18 Å². The van der Waals surface area contributed by atoms with E-state index < -0.39 is 5.60 Å². The van der Waals surface area contributed by atoms with Crippen LogP contribution in [0.25, 0.3) is 0 Å². The topological polar surface area (TPSA) is 32.8 Å². The van der Waals surface area contributed by atoms with Gasteiger partial charge in [0.25, 0.3) is 0 Å². The molecule has 0 bridgehead atoms. The number of rotatable bonds is 2. The molecule has 22 heavy (non-hydrogen) atoms. The van der Waals surface area contributed by atoms with E-state index >= 15 is 0 Å². The Hall–Kier alpha value is -1.62. The Morgan fingerprint density at radius 1 is 1.14 bits per heavy atom. The summed E-state index contributed by atoms with van der Waals surface area (Å²) in [5.41, 5.74) is 0.627. The highest BCUT2D eigenvalue weighted by molar-refractivity contribution is 5.68. The molecule has 5 heteroatoms. The second-order valence-electron chi connectivity index (χ2n) is 6.73. The van der Waals surface area contributed by atoms with E-state index in [1.165, 1.54) is 12.1 Å². The first kappa shape index (κ1) is 16.7. The highest BCUT2D eigenvalue weighted by Crippen LogP contribution is 2.22. The molecule has 0 N–H and O–H groups in total. The van der Waals surface area contributed by atoms with Crippen molar-refractivity contribution in [1.82, 2.24) is 9.80 Å². The Kier molecular flexibility index (Phi) is 5.06. The van der Waals surface area contributed by atoms with Crippen molar-refractivity contribution < 1.29 is 13.9 Å². The molecule has 4 nitrogen and oxygen atoms in total. The Morgan fingerprint density at radius 3 is 2.18 bits per heavy atom. The van der Waals surface area contributed by atoms with Crippen molar-refractivity contribution in [3.8, 4) is 0 Å². The van der Waals surface area contributed by atoms with E-state index in [2.05, 4.69) is 11.8 Å². The highest BCUT2D eigenvalue weighted by atomic mass is 19.1. The lowest BCUT2D eigenvalue weighted by molar-refractivity contribution is 0.0110. The van der Waals surface area contributed by atoms with E-state index in [1.807, 2.05) is 32.9 Å². The second-order valence-corrected chi connectivity index (χ2v) is 6.73. The van der Waals surface area contributed by atoms with Crippen LogP contribution >= 0.6 is 0 Å². The summed E-state index contributed by atoms with van der Waals surface area (Å²) in [5, 5.41) is 0. The molecule has 0 aromatic heterocycles. The first-order valence-electron chi connectivity index (χ1n) is 7.74. The molecule has 0 spiro atoms. The molecule has 1 saturated heterocycles. The van der Waals surface area contributed by atoms with Gasteiger partial charge >= 0.3 is 6.09 Å². The summed E-state index contributed by atoms with van der Waals surface area (Å²) in [7, 11) is 0. The van der Waals surface area contributed by atoms with E-state index in [-0.39, 0.29) is 18.0 Å². The molecule has 1 aromatic carbocycles. The normalized spacial score (nSPS) is 18.1. The number of nitrogens with zero attached hydrogens (tertiary/aromatic N) is 2. The largest absolute Gasteiger partial charge is 0.444 e. The van der Waals surface area contributed by atoms with Gasteiger partial charge in [0, 0.05) is 32.2 Å². The highest BCUT2D eigenvalue weighted by Gasteiger charge is 2.27. The van der Waals surface area contributed by atoms with Crippen LogP contribution < -0.4 is 0 Å². The van der Waals surface area contributed by atoms with Crippen LogP contribution in [0.15, 0.2) is 24.3 Å². The molecule has 122 valence electrons. The minimum absolute atomic E-state index is 0.210. The first-order chi connectivity index (χ1) is 10.3. The number of halogens is 1. The molecule has 1 aliphatic rings. The molecule has 1 amide bonds. The zero-order valence-corrected chi connectivity index (χ0v) is 13.8. The Morgan fingerprint density at radius 2 is 1.68 bits per heavy atom. The van der Waals surface area contributed by atoms with Crippen molar-refractivity contribution in [2.45, 2.75) is 39.3 Å². The maximum absolute atomic E-state index is 13.0. The van der Waals surface area contributed by atoms with Crippen LogP contribution in [0.1, 0.15) is 39.3 Å². The summed E-state index contributed by atoms with van der Waals surface area (Å²) in [6.45, 7) is 10.6. The third-order valence-corrected chi connectivity index (χ3v) is 3.87. The van der Waals surface area contributed by atoms with Gasteiger partial charge in [-0.1, -0.05) is 12.1 Å². The van der Waals surface area contributed by atoms with Crippen molar-refractivity contribution in [3.05, 3.63) is 35.6 Å². The van der Waals surface area contributed by atoms with Gasteiger partial charge in [-0.25, -0.2) is 9.18 Å². The molecule has 0 aliphatic carbocycles. The fourth-order valence-electron chi connectivity index (χ4n) is 2.57. The molecule has 1 aliphatic heterocycles. The molecule has 1 unspecified atom stereocenters. The van der Waals surface area contributed by atoms with Crippen LogP contribution in [0.5, 0.6) is 0 Å². The number of ether oxygens (including phenoxy) is 1. The van der Waals surface area contributed by atoms with E-state index in [4.69, 9.17) is 4.74 Å². The Balaban J connectivity index is 1.89. The molecule has 1 fully saturated rings. The van der Waals surface area contributed by atoms with Gasteiger partial charge in [-0.3, -0.25) is 4.90 Å². The van der Waals surface area contributed by atoms with Gasteiger partial charge in [0.15, 0.2) is 0 Å². The lowest BCUT2D eigenvalue weighted by Crippen LogP contribution is -2.50. The summed E-state index contributed by atoms with van der Waals surface area (Å²) in [5.74, 6) is -0.217. The van der Waals surface area contributed by atoms with Crippen LogP contribution in [0.2, 0.25) is 0 Å². The average Bonchev–Trinajstić information content (AvgIpc) is 2.46. The summed E-state index contributed by atoms with van der Waals surface area (Å²) >= 11 is 0. The predicted octanol–water partition coefficient (Wildman–Crippen LogP) is 3.44. The minimum Gasteiger partial charge on any atom is -0.444 e. The van der Waals surface area contributed by atoms with Crippen LogP contribution in [-0.4, -0.2) is 47.7 Å². The fourth-order valence-corrected chi connectivity index (χ4v) is 2.57. The molecule has 1 atom stereocenters. The summed E-state index contributed by atoms with van der Waals surface area (Å²) in [6.07, 6.45) is -0.249. The lowest BCUT2D eigenvalue weighted by atomic mass is 10.1. The summed E-state index contributed by atoms with van der Waals surface area (Å²) < 4.78 is 18.4. The van der Waals surface area contributed by atoms with E-state index in [0.717, 1.165) is 18.7 Å². The smallest absolute Gasteiger partial charge is 0.410 e. The quantitative estimate of drug-likeness (QED) is 0.839. The molecular formula is C17H25FN2O2. The standard InChI is InChI=1S/C17H25FN2O2/c1-13(14-5-7-15(18)8-6-14)19-9-11-20(12-10-19)16(21)22-17(2,3)4/h5-8,13H,9-12H2,1-4H3. The Labute approximate surface area is 131 Å². The van der Waals surface area contributed by atoms with E-state index in [0.29, 0.717) is 13.1 Å². The van der Waals surface area contributed by atoms with Gasteiger partial charge in [0.1, 0.15) is 11.4 Å². The third kappa shape index (κ3) is 4.44. The molecule has 2 rings (SSSR count). The molecule has 1 heterocycles. The van der Waals surface area contributed by atoms with Crippen molar-refractivity contribution in [2.24, 2.45) is 0 Å². The second kappa shape index (κ2) is 6.65. The van der Waals surface area contributed by atoms with Gasteiger partial charge in [0.2, 0.25) is 0 Å². The molecule has 0 saturated carbocycles. The van der Waals surface area contributed by atoms with Crippen molar-refractivity contribution >= 4 is 6.09 Å². The number of amides is 1. The van der Waals surface area contributed by atoms with Crippen molar-refractivity contribution in [1.29, 1.82) is 0 Å². The zero-order chi connectivity index (χ0) is 16.3. The SMILES string of the molecule is CC(c1ccc(F)cc1)N1CCN(C(=O)OC(C)(C)C)CC1. The van der Waals surface area contributed by atoms with Gasteiger partial charge in [-0.2, -0.15) is 0 Å². The van der Waals surface area contributed by atoms with Gasteiger partial charge < -0.3 is 9.64 Å². The number of hydrogen-bond acceptors (Lipinski definition) is 3. The van der Waals surface area contributed by atoms with Crippen LogP contribution in [-0.2, 0) is 4.74 Å². The minimum atomic E-state index is -0.463. The van der Waals surface area contributed by atoms with Gasteiger partial charge in [0.05, 0.1) is 0 Å². The molecule has 1 aromatic rings.